The van der Waals surface area contributed by atoms with Crippen LogP contribution in [0.3, 0.4) is 0 Å². The van der Waals surface area contributed by atoms with Crippen molar-refractivity contribution in [3.63, 3.8) is 0 Å². The lowest BCUT2D eigenvalue weighted by Gasteiger charge is -2.46. The van der Waals surface area contributed by atoms with Gasteiger partial charge in [-0.15, -0.1) is 0 Å². The molecule has 0 radical (unpaired) electrons. The zero-order valence-corrected chi connectivity index (χ0v) is 11.3. The number of aliphatic hydroxyl groups excluding tert-OH is 1. The number of rotatable bonds is 4. The van der Waals surface area contributed by atoms with Gasteiger partial charge in [0.2, 0.25) is 11.8 Å². The van der Waals surface area contributed by atoms with Crippen molar-refractivity contribution in [1.29, 1.82) is 0 Å². The highest BCUT2D eigenvalue weighted by atomic mass is 16.3. The first kappa shape index (κ1) is 14.3. The van der Waals surface area contributed by atoms with Crippen LogP contribution in [-0.2, 0) is 9.59 Å². The molecular weight excluding hydrogens is 246 g/mol. The van der Waals surface area contributed by atoms with Crippen LogP contribution in [0.1, 0.15) is 32.1 Å². The monoisotopic (exact) mass is 269 g/mol. The molecular formula is C13H23N3O3. The van der Waals surface area contributed by atoms with Crippen LogP contribution >= 0.6 is 0 Å². The van der Waals surface area contributed by atoms with E-state index in [4.69, 9.17) is 5.11 Å². The predicted molar refractivity (Wildman–Crippen MR) is 70.5 cm³/mol. The van der Waals surface area contributed by atoms with Crippen molar-refractivity contribution in [2.24, 2.45) is 0 Å². The van der Waals surface area contributed by atoms with Crippen molar-refractivity contribution in [2.75, 3.05) is 32.8 Å². The number of amides is 2. The fraction of sp³-hybridized carbons (Fsp3) is 0.846. The summed E-state index contributed by atoms with van der Waals surface area (Å²) in [6, 6.07) is 0. The van der Waals surface area contributed by atoms with E-state index in [0.29, 0.717) is 25.8 Å². The first-order valence-electron chi connectivity index (χ1n) is 7.11. The van der Waals surface area contributed by atoms with Gasteiger partial charge in [0.05, 0.1) is 6.61 Å². The molecule has 0 aromatic heterocycles. The number of carbonyl (C=O) groups excluding carboxylic acids is 2. The molecule has 2 aliphatic rings. The smallest absolute Gasteiger partial charge is 0.246 e. The minimum Gasteiger partial charge on any atom is -0.395 e. The molecule has 19 heavy (non-hydrogen) atoms. The van der Waals surface area contributed by atoms with Crippen LogP contribution < -0.4 is 10.6 Å². The summed E-state index contributed by atoms with van der Waals surface area (Å²) in [7, 11) is 0. The van der Waals surface area contributed by atoms with Gasteiger partial charge < -0.3 is 20.6 Å². The molecule has 2 aliphatic heterocycles. The topological polar surface area (TPSA) is 81.7 Å². The van der Waals surface area contributed by atoms with Gasteiger partial charge in [-0.3, -0.25) is 9.59 Å². The maximum atomic E-state index is 12.5. The molecule has 0 spiro atoms. The van der Waals surface area contributed by atoms with Gasteiger partial charge in [0.25, 0.3) is 0 Å². The Hall–Kier alpha value is -1.14. The lowest BCUT2D eigenvalue weighted by atomic mass is 9.83. The molecule has 108 valence electrons. The van der Waals surface area contributed by atoms with Crippen LogP contribution in [0.15, 0.2) is 0 Å². The van der Waals surface area contributed by atoms with Crippen molar-refractivity contribution in [2.45, 2.75) is 37.6 Å². The zero-order valence-electron chi connectivity index (χ0n) is 11.3. The minimum atomic E-state index is -0.710. The Morgan fingerprint density at radius 1 is 1.37 bits per heavy atom. The molecule has 2 heterocycles. The van der Waals surface area contributed by atoms with E-state index < -0.39 is 5.54 Å². The summed E-state index contributed by atoms with van der Waals surface area (Å²) in [5.74, 6) is -0.0226. The van der Waals surface area contributed by atoms with Crippen LogP contribution in [-0.4, -0.2) is 60.1 Å². The predicted octanol–water partition coefficient (Wildman–Crippen LogP) is -0.770. The van der Waals surface area contributed by atoms with E-state index in [9.17, 15) is 9.59 Å². The summed E-state index contributed by atoms with van der Waals surface area (Å²) in [5.41, 5.74) is -0.710. The molecule has 6 nitrogen and oxygen atoms in total. The second kappa shape index (κ2) is 6.34. The highest BCUT2D eigenvalue weighted by molar-refractivity contribution is 5.92. The van der Waals surface area contributed by atoms with Crippen LogP contribution in [0, 0.1) is 0 Å². The molecule has 2 fully saturated rings. The molecule has 0 aromatic rings. The second-order valence-electron chi connectivity index (χ2n) is 5.26. The van der Waals surface area contributed by atoms with E-state index >= 15 is 0 Å². The van der Waals surface area contributed by atoms with Gasteiger partial charge in [0, 0.05) is 19.5 Å². The number of hydrogen-bond donors (Lipinski definition) is 3. The normalized spacial score (nSPS) is 23.2. The average Bonchev–Trinajstić information content (AvgIpc) is 2.46. The summed E-state index contributed by atoms with van der Waals surface area (Å²) in [4.78, 5) is 26.4. The number of aliphatic hydroxyl groups is 1. The summed E-state index contributed by atoms with van der Waals surface area (Å²) in [5, 5.41) is 14.8. The quantitative estimate of drug-likeness (QED) is 0.626. The summed E-state index contributed by atoms with van der Waals surface area (Å²) < 4.78 is 0. The van der Waals surface area contributed by atoms with Crippen molar-refractivity contribution >= 4 is 11.8 Å². The molecule has 2 rings (SSSR count). The van der Waals surface area contributed by atoms with E-state index in [0.717, 1.165) is 25.9 Å². The molecule has 2 amide bonds. The Morgan fingerprint density at radius 3 is 2.74 bits per heavy atom. The molecule has 6 heteroatoms. The van der Waals surface area contributed by atoms with Gasteiger partial charge in [0.15, 0.2) is 0 Å². The molecule has 0 aromatic carbocycles. The molecule has 0 unspecified atom stereocenters. The lowest BCUT2D eigenvalue weighted by molar-refractivity contribution is -0.152. The first-order valence-corrected chi connectivity index (χ1v) is 7.11. The number of carbonyl (C=O) groups is 2. The van der Waals surface area contributed by atoms with E-state index in [-0.39, 0.29) is 25.0 Å². The van der Waals surface area contributed by atoms with E-state index in [1.165, 1.54) is 0 Å². The van der Waals surface area contributed by atoms with Crippen LogP contribution in [0.4, 0.5) is 0 Å². The van der Waals surface area contributed by atoms with Gasteiger partial charge in [0.1, 0.15) is 5.54 Å². The average molecular weight is 269 g/mol. The Morgan fingerprint density at radius 2 is 2.11 bits per heavy atom. The first-order chi connectivity index (χ1) is 9.20. The number of nitrogens with zero attached hydrogens (tertiary/aromatic N) is 1. The molecule has 3 N–H and O–H groups in total. The van der Waals surface area contributed by atoms with Gasteiger partial charge in [-0.2, -0.15) is 0 Å². The molecule has 0 saturated carbocycles. The summed E-state index contributed by atoms with van der Waals surface area (Å²) in [6.45, 7) is 2.34. The number of piperidine rings is 2. The SMILES string of the molecule is O=C1CCCCN1C1(C(=O)NCCO)CCNCC1. The number of likely N-dealkylation sites (tertiary alicyclic amines) is 1. The molecule has 0 bridgehead atoms. The van der Waals surface area contributed by atoms with E-state index in [2.05, 4.69) is 10.6 Å². The zero-order chi connectivity index (χ0) is 13.7. The Kier molecular flexibility index (Phi) is 4.76. The molecule has 2 saturated heterocycles. The van der Waals surface area contributed by atoms with Gasteiger partial charge in [-0.1, -0.05) is 0 Å². The fourth-order valence-corrected chi connectivity index (χ4v) is 3.05. The van der Waals surface area contributed by atoms with E-state index in [1.807, 2.05) is 0 Å². The second-order valence-corrected chi connectivity index (χ2v) is 5.26. The minimum absolute atomic E-state index is 0.0754. The third kappa shape index (κ3) is 2.90. The lowest BCUT2D eigenvalue weighted by Crippen LogP contribution is -2.65. The van der Waals surface area contributed by atoms with Crippen molar-refractivity contribution in [1.82, 2.24) is 15.5 Å². The third-order valence-electron chi connectivity index (χ3n) is 4.09. The van der Waals surface area contributed by atoms with Gasteiger partial charge >= 0.3 is 0 Å². The third-order valence-corrected chi connectivity index (χ3v) is 4.09. The summed E-state index contributed by atoms with van der Waals surface area (Å²) >= 11 is 0. The Balaban J connectivity index is 2.17. The van der Waals surface area contributed by atoms with Crippen molar-refractivity contribution < 1.29 is 14.7 Å². The van der Waals surface area contributed by atoms with Crippen molar-refractivity contribution in [3.05, 3.63) is 0 Å². The van der Waals surface area contributed by atoms with Gasteiger partial charge in [-0.05, 0) is 38.8 Å². The highest BCUT2D eigenvalue weighted by Gasteiger charge is 2.47. The molecule has 0 aliphatic carbocycles. The number of hydrogen-bond acceptors (Lipinski definition) is 4. The van der Waals surface area contributed by atoms with Crippen LogP contribution in [0.25, 0.3) is 0 Å². The fourth-order valence-electron chi connectivity index (χ4n) is 3.05. The maximum absolute atomic E-state index is 12.5. The van der Waals surface area contributed by atoms with E-state index in [1.54, 1.807) is 4.90 Å². The van der Waals surface area contributed by atoms with Gasteiger partial charge in [-0.25, -0.2) is 0 Å². The van der Waals surface area contributed by atoms with Crippen LogP contribution in [0.5, 0.6) is 0 Å². The Labute approximate surface area is 113 Å². The van der Waals surface area contributed by atoms with Crippen molar-refractivity contribution in [3.8, 4) is 0 Å². The van der Waals surface area contributed by atoms with Crippen LogP contribution in [0.2, 0.25) is 0 Å². The number of nitrogens with one attached hydrogen (secondary N) is 2. The Bertz CT molecular complexity index is 340. The molecule has 0 atom stereocenters. The highest BCUT2D eigenvalue weighted by Crippen LogP contribution is 2.30. The largest absolute Gasteiger partial charge is 0.395 e. The maximum Gasteiger partial charge on any atom is 0.246 e. The summed E-state index contributed by atoms with van der Waals surface area (Å²) in [6.07, 6.45) is 3.73. The standard InChI is InChI=1S/C13H23N3O3/c17-10-8-15-12(19)13(4-6-14-7-5-13)16-9-2-1-3-11(16)18/h14,17H,1-10H2,(H,15,19).